The Bertz CT molecular complexity index is 572. The van der Waals surface area contributed by atoms with Crippen LogP contribution in [-0.2, 0) is 4.74 Å². The first-order chi connectivity index (χ1) is 9.06. The number of primary amides is 1. The average molecular weight is 262 g/mol. The maximum Gasteiger partial charge on any atom is 0.404 e. The summed E-state index contributed by atoms with van der Waals surface area (Å²) in [4.78, 5) is 26.5. The number of nitrogens with two attached hydrogens (primary N) is 1. The minimum absolute atomic E-state index is 0.0760. The molecule has 1 unspecified atom stereocenters. The lowest BCUT2D eigenvalue weighted by Gasteiger charge is -2.08. The highest BCUT2D eigenvalue weighted by Gasteiger charge is 2.18. The number of aromatic nitrogens is 1. The van der Waals surface area contributed by atoms with Crippen LogP contribution in [0.5, 0.6) is 0 Å². The quantitative estimate of drug-likeness (QED) is 0.833. The number of carbonyl (C=O) groups is 2. The van der Waals surface area contributed by atoms with Crippen LogP contribution in [0.15, 0.2) is 28.7 Å². The number of rotatable bonds is 5. The summed E-state index contributed by atoms with van der Waals surface area (Å²) in [6, 6.07) is 7.15. The van der Waals surface area contributed by atoms with Crippen molar-refractivity contribution in [1.82, 2.24) is 4.98 Å². The molecule has 1 heterocycles. The second-order valence-electron chi connectivity index (χ2n) is 4.35. The number of fused-ring (bicyclic) bond motifs is 1. The van der Waals surface area contributed by atoms with Crippen molar-refractivity contribution < 1.29 is 18.7 Å². The zero-order valence-electron chi connectivity index (χ0n) is 10.5. The number of amides is 1. The molecule has 1 amide bonds. The van der Waals surface area contributed by atoms with Crippen LogP contribution in [0.4, 0.5) is 4.79 Å². The highest BCUT2D eigenvalue weighted by molar-refractivity contribution is 5.94. The molecular formula is C13H14N2O4. The Morgan fingerprint density at radius 2 is 2.16 bits per heavy atom. The summed E-state index contributed by atoms with van der Waals surface area (Å²) in [6.07, 6.45) is -0.665. The van der Waals surface area contributed by atoms with Gasteiger partial charge >= 0.3 is 6.09 Å². The lowest BCUT2D eigenvalue weighted by atomic mass is 10.1. The van der Waals surface area contributed by atoms with Crippen molar-refractivity contribution in [2.75, 3.05) is 6.61 Å². The van der Waals surface area contributed by atoms with Crippen molar-refractivity contribution in [1.29, 1.82) is 0 Å². The minimum Gasteiger partial charge on any atom is -0.449 e. The predicted octanol–water partition coefficient (Wildman–Crippen LogP) is 2.13. The van der Waals surface area contributed by atoms with Crippen LogP contribution in [0.3, 0.4) is 0 Å². The van der Waals surface area contributed by atoms with Crippen LogP contribution in [0.25, 0.3) is 11.1 Å². The van der Waals surface area contributed by atoms with Gasteiger partial charge in [-0.2, -0.15) is 0 Å². The molecule has 2 aromatic rings. The standard InChI is InChI=1S/C13H14N2O4/c1-8(7-18-13(14)17)6-10(16)12-15-9-4-2-3-5-11(9)19-12/h2-5,8H,6-7H2,1H3,(H2,14,17). The van der Waals surface area contributed by atoms with E-state index in [4.69, 9.17) is 10.2 Å². The van der Waals surface area contributed by atoms with Gasteiger partial charge in [-0.25, -0.2) is 9.78 Å². The van der Waals surface area contributed by atoms with Gasteiger partial charge in [-0.15, -0.1) is 0 Å². The van der Waals surface area contributed by atoms with Gasteiger partial charge in [-0.1, -0.05) is 19.1 Å². The van der Waals surface area contributed by atoms with E-state index in [9.17, 15) is 9.59 Å². The Kier molecular flexibility index (Phi) is 3.79. The third-order valence-electron chi connectivity index (χ3n) is 2.58. The Balaban J connectivity index is 2.01. The van der Waals surface area contributed by atoms with Crippen LogP contribution in [0, 0.1) is 5.92 Å². The largest absolute Gasteiger partial charge is 0.449 e. The van der Waals surface area contributed by atoms with Gasteiger partial charge < -0.3 is 14.9 Å². The molecule has 1 aromatic heterocycles. The van der Waals surface area contributed by atoms with E-state index in [1.807, 2.05) is 12.1 Å². The van der Waals surface area contributed by atoms with E-state index in [0.717, 1.165) is 0 Å². The third-order valence-corrected chi connectivity index (χ3v) is 2.58. The zero-order valence-corrected chi connectivity index (χ0v) is 10.5. The highest BCUT2D eigenvalue weighted by Crippen LogP contribution is 2.17. The summed E-state index contributed by atoms with van der Waals surface area (Å²) in [7, 11) is 0. The molecule has 6 heteroatoms. The van der Waals surface area contributed by atoms with Crippen LogP contribution < -0.4 is 5.73 Å². The van der Waals surface area contributed by atoms with Crippen molar-refractivity contribution in [3.8, 4) is 0 Å². The van der Waals surface area contributed by atoms with E-state index >= 15 is 0 Å². The Hall–Kier alpha value is -2.37. The number of nitrogens with zero attached hydrogens (tertiary/aromatic N) is 1. The molecule has 1 atom stereocenters. The van der Waals surface area contributed by atoms with Gasteiger partial charge in [0.25, 0.3) is 5.89 Å². The van der Waals surface area contributed by atoms with Crippen LogP contribution >= 0.6 is 0 Å². The number of oxazole rings is 1. The smallest absolute Gasteiger partial charge is 0.404 e. The molecule has 0 aliphatic heterocycles. The van der Waals surface area contributed by atoms with E-state index < -0.39 is 6.09 Å². The molecule has 2 N–H and O–H groups in total. The number of ketones is 1. The van der Waals surface area contributed by atoms with Crippen molar-refractivity contribution >= 4 is 23.0 Å². The van der Waals surface area contributed by atoms with Gasteiger partial charge in [0, 0.05) is 6.42 Å². The van der Waals surface area contributed by atoms with Gasteiger partial charge in [0.2, 0.25) is 5.78 Å². The fourth-order valence-electron chi connectivity index (χ4n) is 1.68. The number of hydrogen-bond donors (Lipinski definition) is 1. The Morgan fingerprint density at radius 1 is 1.42 bits per heavy atom. The predicted molar refractivity (Wildman–Crippen MR) is 67.7 cm³/mol. The number of carbonyl (C=O) groups excluding carboxylic acids is 2. The molecule has 0 spiro atoms. The maximum absolute atomic E-state index is 11.9. The molecule has 0 saturated carbocycles. The maximum atomic E-state index is 11.9. The average Bonchev–Trinajstić information content (AvgIpc) is 2.80. The molecule has 19 heavy (non-hydrogen) atoms. The fraction of sp³-hybridized carbons (Fsp3) is 0.308. The second kappa shape index (κ2) is 5.51. The first-order valence-electron chi connectivity index (χ1n) is 5.87. The molecule has 2 rings (SSSR count). The summed E-state index contributed by atoms with van der Waals surface area (Å²) >= 11 is 0. The molecule has 100 valence electrons. The van der Waals surface area contributed by atoms with Gasteiger partial charge in [-0.3, -0.25) is 4.79 Å². The van der Waals surface area contributed by atoms with Gasteiger partial charge in [0.1, 0.15) is 5.52 Å². The highest BCUT2D eigenvalue weighted by atomic mass is 16.5. The Morgan fingerprint density at radius 3 is 2.84 bits per heavy atom. The molecular weight excluding hydrogens is 248 g/mol. The number of Topliss-reactive ketones (excluding diaryl/α,β-unsaturated/α-hetero) is 1. The van der Waals surface area contributed by atoms with Gasteiger partial charge in [0.05, 0.1) is 6.61 Å². The summed E-state index contributed by atoms with van der Waals surface area (Å²) in [5.41, 5.74) is 6.08. The third kappa shape index (κ3) is 3.31. The molecule has 0 radical (unpaired) electrons. The summed E-state index contributed by atoms with van der Waals surface area (Å²) in [6.45, 7) is 1.88. The molecule has 0 fully saturated rings. The lowest BCUT2D eigenvalue weighted by molar-refractivity contribution is 0.0892. The fourth-order valence-corrected chi connectivity index (χ4v) is 1.68. The van der Waals surface area contributed by atoms with Crippen molar-refractivity contribution in [2.45, 2.75) is 13.3 Å². The summed E-state index contributed by atoms with van der Waals surface area (Å²) in [5, 5.41) is 0. The van der Waals surface area contributed by atoms with E-state index in [-0.39, 0.29) is 30.6 Å². The van der Waals surface area contributed by atoms with Crippen LogP contribution in [0.1, 0.15) is 24.0 Å². The molecule has 0 aliphatic rings. The van der Waals surface area contributed by atoms with Crippen LogP contribution in [-0.4, -0.2) is 23.5 Å². The number of benzene rings is 1. The number of para-hydroxylation sites is 2. The summed E-state index contributed by atoms with van der Waals surface area (Å²) in [5.74, 6) is -0.293. The molecule has 1 aromatic carbocycles. The number of hydrogen-bond acceptors (Lipinski definition) is 5. The van der Waals surface area contributed by atoms with E-state index in [2.05, 4.69) is 9.72 Å². The SMILES string of the molecule is CC(COC(N)=O)CC(=O)c1nc2ccccc2o1. The molecule has 0 saturated heterocycles. The molecule has 0 bridgehead atoms. The molecule has 0 aliphatic carbocycles. The summed E-state index contributed by atoms with van der Waals surface area (Å²) < 4.78 is 10.00. The van der Waals surface area contributed by atoms with Crippen molar-refractivity contribution in [3.63, 3.8) is 0 Å². The molecule has 6 nitrogen and oxygen atoms in total. The monoisotopic (exact) mass is 262 g/mol. The van der Waals surface area contributed by atoms with E-state index in [1.165, 1.54) is 0 Å². The first kappa shape index (κ1) is 13.1. The number of ether oxygens (including phenoxy) is 1. The lowest BCUT2D eigenvalue weighted by Crippen LogP contribution is -2.19. The van der Waals surface area contributed by atoms with Crippen molar-refractivity contribution in [3.05, 3.63) is 30.2 Å². The Labute approximate surface area is 109 Å². The van der Waals surface area contributed by atoms with Crippen molar-refractivity contribution in [2.24, 2.45) is 11.7 Å². The van der Waals surface area contributed by atoms with Crippen LogP contribution in [0.2, 0.25) is 0 Å². The second-order valence-corrected chi connectivity index (χ2v) is 4.35. The van der Waals surface area contributed by atoms with E-state index in [1.54, 1.807) is 19.1 Å². The van der Waals surface area contributed by atoms with Gasteiger partial charge in [-0.05, 0) is 18.1 Å². The zero-order chi connectivity index (χ0) is 13.8. The van der Waals surface area contributed by atoms with Gasteiger partial charge in [0.15, 0.2) is 5.58 Å². The topological polar surface area (TPSA) is 95.4 Å². The first-order valence-corrected chi connectivity index (χ1v) is 5.87. The minimum atomic E-state index is -0.846. The normalized spacial score (nSPS) is 12.3. The van der Waals surface area contributed by atoms with E-state index in [0.29, 0.717) is 11.1 Å².